The van der Waals surface area contributed by atoms with Gasteiger partial charge in [0, 0.05) is 17.7 Å². The molecule has 0 aliphatic heterocycles. The summed E-state index contributed by atoms with van der Waals surface area (Å²) in [5.41, 5.74) is 1.39. The van der Waals surface area contributed by atoms with Crippen LogP contribution in [-0.2, 0) is 11.2 Å². The van der Waals surface area contributed by atoms with E-state index in [2.05, 4.69) is 10.4 Å². The Morgan fingerprint density at radius 3 is 2.50 bits per heavy atom. The normalized spacial score (nSPS) is 10.7. The van der Waals surface area contributed by atoms with Gasteiger partial charge in [0.05, 0.1) is 11.4 Å². The molecular weight excluding hydrogens is 340 g/mol. The Bertz CT molecular complexity index is 991. The molecule has 134 valence electrons. The van der Waals surface area contributed by atoms with Gasteiger partial charge in [-0.05, 0) is 49.7 Å². The lowest BCUT2D eigenvalue weighted by Gasteiger charge is -2.05. The highest BCUT2D eigenvalue weighted by molar-refractivity contribution is 5.90. The molecule has 0 spiro atoms. The summed E-state index contributed by atoms with van der Waals surface area (Å²) >= 11 is 0. The number of carbonyl (C=O) groups excluding carboxylic acids is 1. The van der Waals surface area contributed by atoms with Crippen LogP contribution in [0.2, 0.25) is 0 Å². The number of carbonyl (C=O) groups is 1. The Hall–Kier alpha value is -3.22. The fourth-order valence-corrected chi connectivity index (χ4v) is 2.66. The number of para-hydroxylation sites is 1. The Labute approximate surface area is 148 Å². The highest BCUT2D eigenvalue weighted by Gasteiger charge is 2.14. The van der Waals surface area contributed by atoms with Crippen LogP contribution in [0.15, 0.2) is 53.3 Å². The third-order valence-electron chi connectivity index (χ3n) is 4.03. The molecule has 0 saturated heterocycles. The van der Waals surface area contributed by atoms with Crippen molar-refractivity contribution in [3.8, 4) is 5.69 Å². The first-order valence-corrected chi connectivity index (χ1v) is 8.06. The van der Waals surface area contributed by atoms with Crippen molar-refractivity contribution in [1.29, 1.82) is 0 Å². The van der Waals surface area contributed by atoms with E-state index >= 15 is 0 Å². The minimum absolute atomic E-state index is 0.0334. The smallest absolute Gasteiger partial charge is 0.274 e. The number of rotatable bonds is 5. The minimum Gasteiger partial charge on any atom is -0.324 e. The zero-order chi connectivity index (χ0) is 18.7. The van der Waals surface area contributed by atoms with E-state index in [1.54, 1.807) is 13.0 Å². The number of aromatic nitrogens is 2. The molecule has 2 N–H and O–H groups in total. The maximum absolute atomic E-state index is 13.6. The Balaban J connectivity index is 1.72. The largest absolute Gasteiger partial charge is 0.324 e. The summed E-state index contributed by atoms with van der Waals surface area (Å²) in [6, 6.07) is 11.4. The van der Waals surface area contributed by atoms with Crippen molar-refractivity contribution in [1.82, 2.24) is 9.78 Å². The number of halogens is 2. The fourth-order valence-electron chi connectivity index (χ4n) is 2.66. The van der Waals surface area contributed by atoms with E-state index in [0.29, 0.717) is 16.9 Å². The zero-order valence-corrected chi connectivity index (χ0v) is 14.1. The molecule has 1 heterocycles. The van der Waals surface area contributed by atoms with Gasteiger partial charge >= 0.3 is 0 Å². The summed E-state index contributed by atoms with van der Waals surface area (Å²) in [6.07, 6.45) is 0.237. The van der Waals surface area contributed by atoms with Gasteiger partial charge in [0.1, 0.15) is 11.6 Å². The van der Waals surface area contributed by atoms with Crippen molar-refractivity contribution < 1.29 is 13.6 Å². The van der Waals surface area contributed by atoms with E-state index in [0.717, 1.165) is 0 Å². The molecule has 0 bridgehead atoms. The molecule has 26 heavy (non-hydrogen) atoms. The summed E-state index contributed by atoms with van der Waals surface area (Å²) in [4.78, 5) is 24.6. The van der Waals surface area contributed by atoms with Crippen molar-refractivity contribution in [3.05, 3.63) is 81.8 Å². The Kier molecular flexibility index (Phi) is 4.97. The average molecular weight is 357 g/mol. The quantitative estimate of drug-likeness (QED) is 0.736. The molecule has 0 unspecified atom stereocenters. The number of amides is 1. The topological polar surface area (TPSA) is 66.9 Å². The van der Waals surface area contributed by atoms with E-state index in [1.807, 2.05) is 0 Å². The van der Waals surface area contributed by atoms with Crippen molar-refractivity contribution in [2.24, 2.45) is 0 Å². The van der Waals surface area contributed by atoms with Gasteiger partial charge in [-0.15, -0.1) is 0 Å². The van der Waals surface area contributed by atoms with Crippen molar-refractivity contribution in [2.75, 3.05) is 5.32 Å². The maximum atomic E-state index is 13.6. The van der Waals surface area contributed by atoms with Crippen LogP contribution in [-0.4, -0.2) is 15.7 Å². The molecule has 7 heteroatoms. The Morgan fingerprint density at radius 2 is 1.81 bits per heavy atom. The number of anilines is 1. The van der Waals surface area contributed by atoms with Crippen molar-refractivity contribution >= 4 is 11.6 Å². The summed E-state index contributed by atoms with van der Waals surface area (Å²) in [5.74, 6) is -1.30. The summed E-state index contributed by atoms with van der Waals surface area (Å²) in [5, 5.41) is 5.41. The minimum atomic E-state index is -0.516. The standard InChI is InChI=1S/C19H17F2N3O2/c1-12-15(10-11-18(25)22-17-5-3-2-4-16(17)21)19(26)24(23-12)14-8-6-13(20)7-9-14/h2-9,23H,10-11H2,1H3,(H,22,25). The van der Waals surface area contributed by atoms with Gasteiger partial charge in [-0.3, -0.25) is 14.7 Å². The number of hydrogen-bond donors (Lipinski definition) is 2. The number of nitrogens with zero attached hydrogens (tertiary/aromatic N) is 1. The van der Waals surface area contributed by atoms with Crippen molar-refractivity contribution in [3.63, 3.8) is 0 Å². The van der Waals surface area contributed by atoms with Crippen LogP contribution < -0.4 is 10.9 Å². The van der Waals surface area contributed by atoms with Gasteiger partial charge in [0.15, 0.2) is 0 Å². The molecule has 1 amide bonds. The number of hydrogen-bond acceptors (Lipinski definition) is 2. The maximum Gasteiger partial charge on any atom is 0.274 e. The Morgan fingerprint density at radius 1 is 1.12 bits per heavy atom. The van der Waals surface area contributed by atoms with Crippen LogP contribution >= 0.6 is 0 Å². The number of aryl methyl sites for hydroxylation is 1. The second-order valence-electron chi connectivity index (χ2n) is 5.86. The van der Waals surface area contributed by atoms with Crippen LogP contribution in [0.1, 0.15) is 17.7 Å². The molecular formula is C19H17F2N3O2. The fraction of sp³-hybridized carbons (Fsp3) is 0.158. The van der Waals surface area contributed by atoms with Crippen LogP contribution in [0, 0.1) is 18.6 Å². The molecule has 3 rings (SSSR count). The predicted molar refractivity (Wildman–Crippen MR) is 94.4 cm³/mol. The average Bonchev–Trinajstić information content (AvgIpc) is 2.90. The van der Waals surface area contributed by atoms with Crippen molar-refractivity contribution in [2.45, 2.75) is 19.8 Å². The van der Waals surface area contributed by atoms with Gasteiger partial charge in [0.25, 0.3) is 5.56 Å². The molecule has 2 aromatic carbocycles. The lowest BCUT2D eigenvalue weighted by Crippen LogP contribution is -2.19. The van der Waals surface area contributed by atoms with Gasteiger partial charge < -0.3 is 5.32 Å². The first kappa shape index (κ1) is 17.6. The summed E-state index contributed by atoms with van der Waals surface area (Å²) < 4.78 is 27.9. The molecule has 1 aromatic heterocycles. The molecule has 3 aromatic rings. The highest BCUT2D eigenvalue weighted by Crippen LogP contribution is 2.14. The van der Waals surface area contributed by atoms with Crippen LogP contribution in [0.3, 0.4) is 0 Å². The van der Waals surface area contributed by atoms with Gasteiger partial charge in [-0.1, -0.05) is 12.1 Å². The third kappa shape index (κ3) is 3.72. The number of H-pyrrole nitrogens is 1. The zero-order valence-electron chi connectivity index (χ0n) is 14.1. The predicted octanol–water partition coefficient (Wildman–Crippen LogP) is 3.32. The van der Waals surface area contributed by atoms with E-state index in [9.17, 15) is 18.4 Å². The SMILES string of the molecule is Cc1[nH]n(-c2ccc(F)cc2)c(=O)c1CCC(=O)Nc1ccccc1F. The monoisotopic (exact) mass is 357 g/mol. The molecule has 0 fully saturated rings. The molecule has 0 radical (unpaired) electrons. The molecule has 5 nitrogen and oxygen atoms in total. The van der Waals surface area contributed by atoms with Crippen LogP contribution in [0.5, 0.6) is 0 Å². The third-order valence-corrected chi connectivity index (χ3v) is 4.03. The van der Waals surface area contributed by atoms with Crippen LogP contribution in [0.4, 0.5) is 14.5 Å². The first-order chi connectivity index (χ1) is 12.5. The molecule has 0 saturated carbocycles. The summed E-state index contributed by atoms with van der Waals surface area (Å²) in [6.45, 7) is 1.73. The number of aromatic amines is 1. The van der Waals surface area contributed by atoms with E-state index in [4.69, 9.17) is 0 Å². The highest BCUT2D eigenvalue weighted by atomic mass is 19.1. The number of benzene rings is 2. The van der Waals surface area contributed by atoms with E-state index in [1.165, 1.54) is 47.1 Å². The van der Waals surface area contributed by atoms with Gasteiger partial charge in [-0.25, -0.2) is 13.5 Å². The van der Waals surface area contributed by atoms with E-state index < -0.39 is 11.6 Å². The molecule has 0 aliphatic rings. The molecule has 0 aliphatic carbocycles. The molecule has 0 atom stereocenters. The summed E-state index contributed by atoms with van der Waals surface area (Å²) in [7, 11) is 0. The second-order valence-corrected chi connectivity index (χ2v) is 5.86. The lowest BCUT2D eigenvalue weighted by atomic mass is 10.1. The van der Waals surface area contributed by atoms with E-state index in [-0.39, 0.29) is 30.0 Å². The van der Waals surface area contributed by atoms with Gasteiger partial charge in [-0.2, -0.15) is 0 Å². The van der Waals surface area contributed by atoms with Gasteiger partial charge in [0.2, 0.25) is 5.91 Å². The second kappa shape index (κ2) is 7.35. The number of nitrogens with one attached hydrogen (secondary N) is 2. The van der Waals surface area contributed by atoms with Crippen LogP contribution in [0.25, 0.3) is 5.69 Å². The lowest BCUT2D eigenvalue weighted by molar-refractivity contribution is -0.116. The first-order valence-electron chi connectivity index (χ1n) is 8.06.